The van der Waals surface area contributed by atoms with E-state index in [2.05, 4.69) is 0 Å². The molecule has 74 valence electrons. The Hall–Kier alpha value is -1.37. The highest BCUT2D eigenvalue weighted by molar-refractivity contribution is 5.25. The summed E-state index contributed by atoms with van der Waals surface area (Å²) in [6, 6.07) is 9.37. The number of aliphatic hydroxyl groups is 1. The number of benzene rings is 1. The summed E-state index contributed by atoms with van der Waals surface area (Å²) < 4.78 is 4.98. The molecule has 1 aromatic rings. The Morgan fingerprint density at radius 3 is 3.00 bits per heavy atom. The molecule has 0 saturated carbocycles. The van der Waals surface area contributed by atoms with Crippen LogP contribution in [0.25, 0.3) is 0 Å². The lowest BCUT2D eigenvalue weighted by Crippen LogP contribution is -1.97. The third kappa shape index (κ3) is 2.84. The SMILES string of the molecule is COCc1cccc(C(O)CC#N)c1. The molecule has 14 heavy (non-hydrogen) atoms. The highest BCUT2D eigenvalue weighted by atomic mass is 16.5. The standard InChI is InChI=1S/C11H13NO2/c1-14-8-9-3-2-4-10(7-9)11(13)5-6-12/h2-4,7,11,13H,5,8H2,1H3. The van der Waals surface area contributed by atoms with Crippen LogP contribution in [-0.2, 0) is 11.3 Å². The summed E-state index contributed by atoms with van der Waals surface area (Å²) in [6.07, 6.45) is -0.576. The van der Waals surface area contributed by atoms with Gasteiger partial charge in [-0.1, -0.05) is 24.3 Å². The highest BCUT2D eigenvalue weighted by Gasteiger charge is 2.06. The predicted octanol–water partition coefficient (Wildman–Crippen LogP) is 1.78. The summed E-state index contributed by atoms with van der Waals surface area (Å²) in [5.74, 6) is 0. The summed E-state index contributed by atoms with van der Waals surface area (Å²) in [7, 11) is 1.62. The van der Waals surface area contributed by atoms with Crippen LogP contribution >= 0.6 is 0 Å². The number of ether oxygens (including phenoxy) is 1. The van der Waals surface area contributed by atoms with Gasteiger partial charge in [0.05, 0.1) is 25.2 Å². The Morgan fingerprint density at radius 1 is 1.57 bits per heavy atom. The number of aliphatic hydroxyl groups excluding tert-OH is 1. The molecule has 0 saturated heterocycles. The van der Waals surface area contributed by atoms with Crippen molar-refractivity contribution in [1.29, 1.82) is 5.26 Å². The van der Waals surface area contributed by atoms with Crippen LogP contribution in [-0.4, -0.2) is 12.2 Å². The van der Waals surface area contributed by atoms with Gasteiger partial charge in [0.2, 0.25) is 0 Å². The average molecular weight is 191 g/mol. The van der Waals surface area contributed by atoms with E-state index < -0.39 is 6.10 Å². The number of methoxy groups -OCH3 is 1. The lowest BCUT2D eigenvalue weighted by Gasteiger charge is -2.08. The molecule has 1 atom stereocenters. The fourth-order valence-electron chi connectivity index (χ4n) is 1.26. The zero-order chi connectivity index (χ0) is 10.4. The Balaban J connectivity index is 2.78. The molecule has 1 aromatic carbocycles. The molecule has 1 N–H and O–H groups in total. The van der Waals surface area contributed by atoms with Gasteiger partial charge in [0.1, 0.15) is 0 Å². The second kappa shape index (κ2) is 5.38. The summed E-state index contributed by atoms with van der Waals surface area (Å²) in [4.78, 5) is 0. The van der Waals surface area contributed by atoms with Crippen molar-refractivity contribution < 1.29 is 9.84 Å². The normalized spacial score (nSPS) is 12.1. The molecule has 0 amide bonds. The van der Waals surface area contributed by atoms with Gasteiger partial charge >= 0.3 is 0 Å². The minimum Gasteiger partial charge on any atom is -0.387 e. The van der Waals surface area contributed by atoms with E-state index in [1.54, 1.807) is 13.2 Å². The quantitative estimate of drug-likeness (QED) is 0.789. The van der Waals surface area contributed by atoms with Gasteiger partial charge in [0.15, 0.2) is 0 Å². The van der Waals surface area contributed by atoms with Crippen LogP contribution in [0, 0.1) is 11.3 Å². The van der Waals surface area contributed by atoms with Crippen molar-refractivity contribution in [2.75, 3.05) is 7.11 Å². The maximum atomic E-state index is 9.55. The molecule has 3 nitrogen and oxygen atoms in total. The molecule has 0 heterocycles. The van der Waals surface area contributed by atoms with Crippen LogP contribution in [0.15, 0.2) is 24.3 Å². The molecule has 0 radical (unpaired) electrons. The van der Waals surface area contributed by atoms with Gasteiger partial charge in [0, 0.05) is 7.11 Å². The maximum absolute atomic E-state index is 9.55. The first kappa shape index (κ1) is 10.7. The molecule has 0 spiro atoms. The van der Waals surface area contributed by atoms with Crippen molar-refractivity contribution in [3.05, 3.63) is 35.4 Å². The van der Waals surface area contributed by atoms with Crippen molar-refractivity contribution in [3.8, 4) is 6.07 Å². The summed E-state index contributed by atoms with van der Waals surface area (Å²) in [5, 5.41) is 18.0. The number of hydrogen-bond donors (Lipinski definition) is 1. The molecule has 1 unspecified atom stereocenters. The largest absolute Gasteiger partial charge is 0.387 e. The van der Waals surface area contributed by atoms with Crippen LogP contribution < -0.4 is 0 Å². The zero-order valence-corrected chi connectivity index (χ0v) is 8.10. The third-order valence-electron chi connectivity index (χ3n) is 1.93. The van der Waals surface area contributed by atoms with Crippen LogP contribution in [0.5, 0.6) is 0 Å². The molecule has 0 fully saturated rings. The molecule has 3 heteroatoms. The van der Waals surface area contributed by atoms with Crippen molar-refractivity contribution in [2.24, 2.45) is 0 Å². The zero-order valence-electron chi connectivity index (χ0n) is 8.10. The Bertz CT molecular complexity index is 330. The van der Waals surface area contributed by atoms with Gasteiger partial charge in [0.25, 0.3) is 0 Å². The first-order valence-corrected chi connectivity index (χ1v) is 4.40. The minimum atomic E-state index is -0.697. The summed E-state index contributed by atoms with van der Waals surface area (Å²) >= 11 is 0. The van der Waals surface area contributed by atoms with Gasteiger partial charge in [-0.2, -0.15) is 5.26 Å². The summed E-state index contributed by atoms with van der Waals surface area (Å²) in [5.41, 5.74) is 1.77. The molecule has 0 aliphatic rings. The van der Waals surface area contributed by atoms with E-state index in [9.17, 15) is 5.11 Å². The monoisotopic (exact) mass is 191 g/mol. The molecule has 0 aromatic heterocycles. The van der Waals surface area contributed by atoms with Gasteiger partial charge < -0.3 is 9.84 Å². The van der Waals surface area contributed by atoms with Gasteiger partial charge in [-0.15, -0.1) is 0 Å². The molecule has 0 aliphatic carbocycles. The van der Waals surface area contributed by atoms with E-state index >= 15 is 0 Å². The van der Waals surface area contributed by atoms with Gasteiger partial charge in [-0.3, -0.25) is 0 Å². The van der Waals surface area contributed by atoms with Gasteiger partial charge in [-0.25, -0.2) is 0 Å². The molecular formula is C11H13NO2. The maximum Gasteiger partial charge on any atom is 0.0920 e. The van der Waals surface area contributed by atoms with Crippen molar-refractivity contribution in [3.63, 3.8) is 0 Å². The number of hydrogen-bond acceptors (Lipinski definition) is 3. The minimum absolute atomic E-state index is 0.121. The third-order valence-corrected chi connectivity index (χ3v) is 1.93. The first-order valence-electron chi connectivity index (χ1n) is 4.40. The lowest BCUT2D eigenvalue weighted by atomic mass is 10.0. The fourth-order valence-corrected chi connectivity index (χ4v) is 1.26. The predicted molar refractivity (Wildman–Crippen MR) is 52.3 cm³/mol. The van der Waals surface area contributed by atoms with Crippen LogP contribution in [0.4, 0.5) is 0 Å². The van der Waals surface area contributed by atoms with Crippen LogP contribution in [0.3, 0.4) is 0 Å². The topological polar surface area (TPSA) is 53.2 Å². The Kier molecular flexibility index (Phi) is 4.11. The van der Waals surface area contributed by atoms with E-state index in [0.29, 0.717) is 6.61 Å². The van der Waals surface area contributed by atoms with E-state index in [4.69, 9.17) is 10.00 Å². The molecule has 0 aliphatic heterocycles. The number of nitriles is 1. The van der Waals surface area contributed by atoms with Gasteiger partial charge in [-0.05, 0) is 11.1 Å². The highest BCUT2D eigenvalue weighted by Crippen LogP contribution is 2.17. The fraction of sp³-hybridized carbons (Fsp3) is 0.364. The van der Waals surface area contributed by atoms with E-state index in [-0.39, 0.29) is 6.42 Å². The number of rotatable bonds is 4. The Morgan fingerprint density at radius 2 is 2.36 bits per heavy atom. The average Bonchev–Trinajstić information content (AvgIpc) is 2.19. The van der Waals surface area contributed by atoms with Crippen molar-refractivity contribution >= 4 is 0 Å². The second-order valence-corrected chi connectivity index (χ2v) is 3.06. The van der Waals surface area contributed by atoms with Crippen LogP contribution in [0.1, 0.15) is 23.7 Å². The first-order chi connectivity index (χ1) is 6.77. The number of nitrogens with zero attached hydrogens (tertiary/aromatic N) is 1. The summed E-state index contributed by atoms with van der Waals surface area (Å²) in [6.45, 7) is 0.521. The van der Waals surface area contributed by atoms with E-state index in [1.165, 1.54) is 0 Å². The molecule has 1 rings (SSSR count). The van der Waals surface area contributed by atoms with E-state index in [0.717, 1.165) is 11.1 Å². The smallest absolute Gasteiger partial charge is 0.0920 e. The van der Waals surface area contributed by atoms with Crippen molar-refractivity contribution in [2.45, 2.75) is 19.1 Å². The van der Waals surface area contributed by atoms with E-state index in [1.807, 2.05) is 24.3 Å². The van der Waals surface area contributed by atoms with Crippen LogP contribution in [0.2, 0.25) is 0 Å². The second-order valence-electron chi connectivity index (χ2n) is 3.06. The molecular weight excluding hydrogens is 178 g/mol. The van der Waals surface area contributed by atoms with Crippen molar-refractivity contribution in [1.82, 2.24) is 0 Å². The molecule has 0 bridgehead atoms. The Labute approximate surface area is 83.6 Å². The lowest BCUT2D eigenvalue weighted by molar-refractivity contribution is 0.178.